The third kappa shape index (κ3) is 3.14. The highest BCUT2D eigenvalue weighted by Crippen LogP contribution is 2.37. The molecule has 0 aliphatic carbocycles. The second-order valence-corrected chi connectivity index (χ2v) is 9.13. The van der Waals surface area contributed by atoms with E-state index < -0.39 is 0 Å². The molecule has 0 aliphatic heterocycles. The number of hydrogen-bond acceptors (Lipinski definition) is 0. The van der Waals surface area contributed by atoms with Crippen LogP contribution in [0.2, 0.25) is 0 Å². The fourth-order valence-electron chi connectivity index (χ4n) is 5.42. The van der Waals surface area contributed by atoms with Gasteiger partial charge in [0, 0.05) is 0 Å². The Balaban J connectivity index is 1.50. The van der Waals surface area contributed by atoms with E-state index in [0.717, 1.165) is 0 Å². The van der Waals surface area contributed by atoms with Crippen molar-refractivity contribution >= 4 is 53.9 Å². The molecule has 0 nitrogen and oxygen atoms in total. The lowest BCUT2D eigenvalue weighted by Gasteiger charge is -2.12. The Kier molecular flexibility index (Phi) is 4.80. The van der Waals surface area contributed by atoms with E-state index in [1.54, 1.807) is 0 Å². The van der Waals surface area contributed by atoms with E-state index in [1.165, 1.54) is 91.5 Å². The van der Waals surface area contributed by atoms with Crippen LogP contribution in [-0.4, -0.2) is 0 Å². The zero-order chi connectivity index (χ0) is 21.5. The van der Waals surface area contributed by atoms with Gasteiger partial charge in [-0.05, 0) is 72.3 Å². The molecule has 0 amide bonds. The normalized spacial score (nSPS) is 11.9. The Morgan fingerprint density at radius 3 is 1.66 bits per heavy atom. The fourth-order valence-corrected chi connectivity index (χ4v) is 5.42. The van der Waals surface area contributed by atoms with Crippen molar-refractivity contribution in [3.8, 4) is 0 Å². The summed E-state index contributed by atoms with van der Waals surface area (Å²) in [7, 11) is 0. The molecule has 0 aliphatic rings. The van der Waals surface area contributed by atoms with Gasteiger partial charge in [-0.2, -0.15) is 0 Å². The van der Waals surface area contributed by atoms with Gasteiger partial charge in [0.25, 0.3) is 0 Å². The Morgan fingerprint density at radius 1 is 0.438 bits per heavy atom. The molecule has 0 fully saturated rings. The maximum atomic E-state index is 2.40. The molecule has 0 N–H and O–H groups in total. The van der Waals surface area contributed by atoms with Crippen molar-refractivity contribution in [2.24, 2.45) is 0 Å². The molecule has 0 heterocycles. The summed E-state index contributed by atoms with van der Waals surface area (Å²) in [6.45, 7) is 2.27. The second kappa shape index (κ2) is 7.95. The van der Waals surface area contributed by atoms with E-state index in [2.05, 4.69) is 97.9 Å². The molecule has 0 heteroatoms. The maximum Gasteiger partial charge on any atom is -0.00987 e. The molecule has 0 spiro atoms. The minimum Gasteiger partial charge on any atom is -0.0654 e. The highest BCUT2D eigenvalue weighted by Gasteiger charge is 2.09. The average Bonchev–Trinajstić information content (AvgIpc) is 2.85. The Labute approximate surface area is 189 Å². The molecule has 6 rings (SSSR count). The minimum absolute atomic E-state index is 1.19. The first kappa shape index (κ1) is 19.3. The topological polar surface area (TPSA) is 0 Å². The third-order valence-corrected chi connectivity index (χ3v) is 7.12. The molecule has 156 valence electrons. The molecule has 32 heavy (non-hydrogen) atoms. The Morgan fingerprint density at radius 2 is 0.969 bits per heavy atom. The lowest BCUT2D eigenvalue weighted by Crippen LogP contribution is -1.88. The van der Waals surface area contributed by atoms with E-state index in [4.69, 9.17) is 0 Å². The number of aryl methyl sites for hydroxylation is 1. The number of unbranched alkanes of at least 4 members (excludes halogenated alkanes) is 3. The molecule has 0 saturated heterocycles. The summed E-state index contributed by atoms with van der Waals surface area (Å²) < 4.78 is 0. The zero-order valence-electron chi connectivity index (χ0n) is 18.7. The smallest absolute Gasteiger partial charge is 0.00987 e. The van der Waals surface area contributed by atoms with E-state index in [0.29, 0.717) is 0 Å². The van der Waals surface area contributed by atoms with Gasteiger partial charge in [-0.1, -0.05) is 117 Å². The first-order valence-corrected chi connectivity index (χ1v) is 12.0. The number of benzene rings is 6. The maximum absolute atomic E-state index is 2.40. The average molecular weight is 413 g/mol. The first-order chi connectivity index (χ1) is 15.8. The molecule has 6 aromatic rings. The summed E-state index contributed by atoms with van der Waals surface area (Å²) in [5.41, 5.74) is 1.46. The number of fused-ring (bicyclic) bond motifs is 9. The van der Waals surface area contributed by atoms with Crippen molar-refractivity contribution < 1.29 is 0 Å². The van der Waals surface area contributed by atoms with Crippen molar-refractivity contribution in [1.82, 2.24) is 0 Å². The van der Waals surface area contributed by atoms with Crippen LogP contribution >= 0.6 is 0 Å². The van der Waals surface area contributed by atoms with Crippen LogP contribution in [0.1, 0.15) is 38.2 Å². The van der Waals surface area contributed by atoms with Gasteiger partial charge >= 0.3 is 0 Å². The summed E-state index contributed by atoms with van der Waals surface area (Å²) in [6, 6.07) is 34.2. The minimum atomic E-state index is 1.19. The lowest BCUT2D eigenvalue weighted by atomic mass is 9.92. The van der Waals surface area contributed by atoms with Crippen molar-refractivity contribution in [3.63, 3.8) is 0 Å². The first-order valence-electron chi connectivity index (χ1n) is 12.0. The quantitative estimate of drug-likeness (QED) is 0.195. The second-order valence-electron chi connectivity index (χ2n) is 9.13. The van der Waals surface area contributed by atoms with Gasteiger partial charge in [0.2, 0.25) is 0 Å². The molecule has 0 saturated carbocycles. The van der Waals surface area contributed by atoms with Gasteiger partial charge in [-0.15, -0.1) is 0 Å². The largest absolute Gasteiger partial charge is 0.0654 e. The van der Waals surface area contributed by atoms with Gasteiger partial charge in [0.1, 0.15) is 0 Å². The van der Waals surface area contributed by atoms with Crippen molar-refractivity contribution in [3.05, 3.63) is 96.6 Å². The van der Waals surface area contributed by atoms with Crippen LogP contribution in [0.25, 0.3) is 53.9 Å². The molecule has 0 bridgehead atoms. The molecule has 0 atom stereocenters. The standard InChI is InChI=1S/C32H28/c1-2-3-4-5-8-22-11-14-26-24(21-22)13-16-30-28(26)18-20-31-29-15-12-23-9-6-7-10-25(23)27(29)17-19-32(30)31/h6-7,9-21H,2-5,8H2,1H3. The van der Waals surface area contributed by atoms with Crippen LogP contribution in [0.5, 0.6) is 0 Å². The van der Waals surface area contributed by atoms with Gasteiger partial charge in [0.15, 0.2) is 0 Å². The monoisotopic (exact) mass is 412 g/mol. The SMILES string of the molecule is CCCCCCc1ccc2c(ccc3c2ccc2c4ccc5ccccc5c4ccc32)c1. The molecule has 0 aromatic heterocycles. The molecular weight excluding hydrogens is 384 g/mol. The summed E-state index contributed by atoms with van der Waals surface area (Å²) in [4.78, 5) is 0. The van der Waals surface area contributed by atoms with Crippen LogP contribution in [0.15, 0.2) is 91.0 Å². The van der Waals surface area contributed by atoms with Crippen LogP contribution in [0.3, 0.4) is 0 Å². The molecule has 0 radical (unpaired) electrons. The summed E-state index contributed by atoms with van der Waals surface area (Å²) in [5.74, 6) is 0. The number of rotatable bonds is 5. The lowest BCUT2D eigenvalue weighted by molar-refractivity contribution is 0.667. The Hall–Kier alpha value is -3.38. The highest BCUT2D eigenvalue weighted by atomic mass is 14.1. The summed E-state index contributed by atoms with van der Waals surface area (Å²) in [6.07, 6.45) is 6.45. The predicted molar refractivity (Wildman–Crippen MR) is 142 cm³/mol. The van der Waals surface area contributed by atoms with Gasteiger partial charge in [0.05, 0.1) is 0 Å². The van der Waals surface area contributed by atoms with Crippen LogP contribution < -0.4 is 0 Å². The van der Waals surface area contributed by atoms with E-state index in [-0.39, 0.29) is 0 Å². The number of hydrogen-bond donors (Lipinski definition) is 0. The zero-order valence-corrected chi connectivity index (χ0v) is 18.7. The third-order valence-electron chi connectivity index (χ3n) is 7.12. The van der Waals surface area contributed by atoms with Crippen molar-refractivity contribution in [2.75, 3.05) is 0 Å². The molecule has 6 aromatic carbocycles. The fraction of sp³-hybridized carbons (Fsp3) is 0.188. The van der Waals surface area contributed by atoms with Crippen LogP contribution in [-0.2, 0) is 6.42 Å². The van der Waals surface area contributed by atoms with Gasteiger partial charge in [-0.3, -0.25) is 0 Å². The van der Waals surface area contributed by atoms with Crippen molar-refractivity contribution in [1.29, 1.82) is 0 Å². The van der Waals surface area contributed by atoms with E-state index in [9.17, 15) is 0 Å². The van der Waals surface area contributed by atoms with E-state index in [1.807, 2.05) is 0 Å². The Bertz CT molecular complexity index is 1600. The van der Waals surface area contributed by atoms with E-state index >= 15 is 0 Å². The predicted octanol–water partition coefficient (Wildman–Crippen LogP) is 9.58. The van der Waals surface area contributed by atoms with Gasteiger partial charge in [-0.25, -0.2) is 0 Å². The molecular formula is C32H28. The summed E-state index contributed by atoms with van der Waals surface area (Å²) in [5, 5.41) is 13.4. The molecule has 0 unspecified atom stereocenters. The highest BCUT2D eigenvalue weighted by molar-refractivity contribution is 6.24. The van der Waals surface area contributed by atoms with Crippen LogP contribution in [0.4, 0.5) is 0 Å². The van der Waals surface area contributed by atoms with Crippen molar-refractivity contribution in [2.45, 2.75) is 39.0 Å². The summed E-state index contributed by atoms with van der Waals surface area (Å²) >= 11 is 0. The van der Waals surface area contributed by atoms with Gasteiger partial charge < -0.3 is 0 Å². The van der Waals surface area contributed by atoms with Crippen LogP contribution in [0, 0.1) is 0 Å².